The summed E-state index contributed by atoms with van der Waals surface area (Å²) in [6, 6.07) is 5.34. The number of rotatable bonds is 8. The lowest BCUT2D eigenvalue weighted by molar-refractivity contribution is -0.138. The average molecular weight is 560 g/mol. The van der Waals surface area contributed by atoms with Crippen LogP contribution in [0.3, 0.4) is 0 Å². The van der Waals surface area contributed by atoms with Gasteiger partial charge in [0.2, 0.25) is 15.9 Å². The highest BCUT2D eigenvalue weighted by atomic mass is 32.2. The Morgan fingerprint density at radius 1 is 1.16 bits per heavy atom. The second-order valence-electron chi connectivity index (χ2n) is 9.55. The van der Waals surface area contributed by atoms with Gasteiger partial charge in [-0.05, 0) is 61.1 Å². The SMILES string of the molecule is CC1CCN(c2cc(C(F)(F)F)c(C(=O)O)cc2CNC(=O)C(C)c2ccc(NS(C)(=O)=O)c(F)c2)CC1. The Hall–Kier alpha value is -3.35. The molecule has 0 radical (unpaired) electrons. The molecule has 0 aromatic heterocycles. The van der Waals surface area contributed by atoms with Gasteiger partial charge in [0.1, 0.15) is 5.82 Å². The highest BCUT2D eigenvalue weighted by Gasteiger charge is 2.37. The zero-order valence-electron chi connectivity index (χ0n) is 21.0. The van der Waals surface area contributed by atoms with E-state index in [1.165, 1.54) is 19.1 Å². The number of sulfonamides is 1. The summed E-state index contributed by atoms with van der Waals surface area (Å²) in [7, 11) is -3.71. The molecule has 1 unspecified atom stereocenters. The number of aromatic carboxylic acids is 1. The number of nitrogens with one attached hydrogen (secondary N) is 2. The Balaban J connectivity index is 1.87. The van der Waals surface area contributed by atoms with Gasteiger partial charge < -0.3 is 15.3 Å². The molecule has 1 aliphatic rings. The minimum atomic E-state index is -4.88. The van der Waals surface area contributed by atoms with Crippen molar-refractivity contribution < 1.29 is 40.7 Å². The van der Waals surface area contributed by atoms with E-state index in [0.717, 1.165) is 37.3 Å². The highest BCUT2D eigenvalue weighted by Crippen LogP contribution is 2.38. The van der Waals surface area contributed by atoms with Crippen molar-refractivity contribution in [3.63, 3.8) is 0 Å². The second-order valence-corrected chi connectivity index (χ2v) is 11.3. The van der Waals surface area contributed by atoms with Gasteiger partial charge >= 0.3 is 12.1 Å². The average Bonchev–Trinajstić information content (AvgIpc) is 2.82. The Kier molecular flexibility index (Phi) is 8.59. The number of nitrogens with zero attached hydrogens (tertiary/aromatic N) is 1. The van der Waals surface area contributed by atoms with Crippen molar-refractivity contribution in [3.05, 3.63) is 58.4 Å². The molecule has 1 atom stereocenters. The molecule has 38 heavy (non-hydrogen) atoms. The van der Waals surface area contributed by atoms with Crippen LogP contribution in [0.4, 0.5) is 28.9 Å². The molecule has 13 heteroatoms. The summed E-state index contributed by atoms with van der Waals surface area (Å²) >= 11 is 0. The first-order chi connectivity index (χ1) is 17.6. The third kappa shape index (κ3) is 7.15. The predicted octanol–water partition coefficient (Wildman–Crippen LogP) is 4.57. The van der Waals surface area contributed by atoms with Gasteiger partial charge in [0.25, 0.3) is 0 Å². The molecule has 3 rings (SSSR count). The molecule has 8 nitrogen and oxygen atoms in total. The molecule has 3 N–H and O–H groups in total. The van der Waals surface area contributed by atoms with Gasteiger partial charge in [-0.1, -0.05) is 13.0 Å². The number of hydrogen-bond acceptors (Lipinski definition) is 5. The highest BCUT2D eigenvalue weighted by molar-refractivity contribution is 7.92. The zero-order chi connectivity index (χ0) is 28.4. The number of halogens is 4. The van der Waals surface area contributed by atoms with Gasteiger partial charge in [-0.2, -0.15) is 13.2 Å². The number of alkyl halides is 3. The maximum Gasteiger partial charge on any atom is 0.417 e. The minimum absolute atomic E-state index is 0.199. The van der Waals surface area contributed by atoms with E-state index in [1.807, 2.05) is 11.6 Å². The number of carbonyl (C=O) groups is 2. The van der Waals surface area contributed by atoms with Crippen molar-refractivity contribution in [1.29, 1.82) is 0 Å². The summed E-state index contributed by atoms with van der Waals surface area (Å²) in [5.41, 5.74) is -1.81. The van der Waals surface area contributed by atoms with Gasteiger partial charge in [0.05, 0.1) is 29.0 Å². The van der Waals surface area contributed by atoms with Crippen LogP contribution in [0.2, 0.25) is 0 Å². The van der Waals surface area contributed by atoms with Crippen molar-refractivity contribution in [3.8, 4) is 0 Å². The quantitative estimate of drug-likeness (QED) is 0.408. The first-order valence-corrected chi connectivity index (χ1v) is 13.7. The maximum absolute atomic E-state index is 14.4. The molecule has 1 saturated heterocycles. The van der Waals surface area contributed by atoms with Crippen LogP contribution in [0.1, 0.15) is 59.7 Å². The molecule has 2 aromatic rings. The van der Waals surface area contributed by atoms with Gasteiger partial charge in [-0.3, -0.25) is 9.52 Å². The van der Waals surface area contributed by atoms with E-state index in [9.17, 15) is 40.7 Å². The van der Waals surface area contributed by atoms with Crippen molar-refractivity contribution >= 4 is 33.3 Å². The van der Waals surface area contributed by atoms with Crippen LogP contribution >= 0.6 is 0 Å². The summed E-state index contributed by atoms with van der Waals surface area (Å²) in [5.74, 6) is -3.71. The van der Waals surface area contributed by atoms with E-state index in [0.29, 0.717) is 19.0 Å². The molecular weight excluding hydrogens is 530 g/mol. The van der Waals surface area contributed by atoms with E-state index >= 15 is 0 Å². The Morgan fingerprint density at radius 2 is 1.79 bits per heavy atom. The van der Waals surface area contributed by atoms with E-state index in [2.05, 4.69) is 5.32 Å². The lowest BCUT2D eigenvalue weighted by Gasteiger charge is -2.34. The largest absolute Gasteiger partial charge is 0.478 e. The molecule has 1 fully saturated rings. The smallest absolute Gasteiger partial charge is 0.417 e. The van der Waals surface area contributed by atoms with Crippen molar-refractivity contribution in [2.75, 3.05) is 29.0 Å². The van der Waals surface area contributed by atoms with Gasteiger partial charge in [-0.25, -0.2) is 17.6 Å². The lowest BCUT2D eigenvalue weighted by Crippen LogP contribution is -2.35. The predicted molar refractivity (Wildman–Crippen MR) is 134 cm³/mol. The van der Waals surface area contributed by atoms with Crippen molar-refractivity contribution in [1.82, 2.24) is 5.32 Å². The topological polar surface area (TPSA) is 116 Å². The zero-order valence-corrected chi connectivity index (χ0v) is 21.8. The number of hydrogen-bond donors (Lipinski definition) is 3. The van der Waals surface area contributed by atoms with Gasteiger partial charge in [-0.15, -0.1) is 0 Å². The summed E-state index contributed by atoms with van der Waals surface area (Å²) in [6.45, 7) is 4.24. The molecule has 0 spiro atoms. The Labute approximate surface area is 218 Å². The normalized spacial score (nSPS) is 15.7. The number of anilines is 2. The number of amides is 1. The third-order valence-corrected chi connectivity index (χ3v) is 7.10. The molecule has 0 saturated carbocycles. The second kappa shape index (κ2) is 11.2. The Morgan fingerprint density at radius 3 is 2.32 bits per heavy atom. The van der Waals surface area contributed by atoms with E-state index in [4.69, 9.17) is 0 Å². The summed E-state index contributed by atoms with van der Waals surface area (Å²) < 4.78 is 80.2. The summed E-state index contributed by atoms with van der Waals surface area (Å²) in [5, 5.41) is 12.1. The molecule has 1 amide bonds. The van der Waals surface area contributed by atoms with Gasteiger partial charge in [0.15, 0.2) is 0 Å². The third-order valence-electron chi connectivity index (χ3n) is 6.51. The molecular formula is C25H29F4N3O5S. The molecule has 0 aliphatic carbocycles. The number of carboxylic acid groups (broad SMARTS) is 1. The number of piperidine rings is 1. The first kappa shape index (κ1) is 29.2. The van der Waals surface area contributed by atoms with E-state index < -0.39 is 50.9 Å². The molecule has 208 valence electrons. The maximum atomic E-state index is 14.4. The van der Waals surface area contributed by atoms with Crippen LogP contribution in [0.5, 0.6) is 0 Å². The Bertz CT molecular complexity index is 1320. The van der Waals surface area contributed by atoms with Crippen LogP contribution in [0.15, 0.2) is 30.3 Å². The molecule has 0 bridgehead atoms. The lowest BCUT2D eigenvalue weighted by atomic mass is 9.95. The fraction of sp³-hybridized carbons (Fsp3) is 0.440. The van der Waals surface area contributed by atoms with Crippen LogP contribution in [0, 0.1) is 11.7 Å². The first-order valence-electron chi connectivity index (χ1n) is 11.8. The summed E-state index contributed by atoms with van der Waals surface area (Å²) in [4.78, 5) is 26.3. The number of carbonyl (C=O) groups excluding carboxylic acids is 1. The molecule has 1 aliphatic heterocycles. The fourth-order valence-corrected chi connectivity index (χ4v) is 4.87. The van der Waals surface area contributed by atoms with E-state index in [1.54, 1.807) is 4.90 Å². The van der Waals surface area contributed by atoms with Crippen LogP contribution in [-0.4, -0.2) is 44.7 Å². The van der Waals surface area contributed by atoms with Crippen LogP contribution in [0.25, 0.3) is 0 Å². The van der Waals surface area contributed by atoms with E-state index in [-0.39, 0.29) is 29.0 Å². The summed E-state index contributed by atoms with van der Waals surface area (Å²) in [6.07, 6.45) is -2.52. The van der Waals surface area contributed by atoms with Crippen molar-refractivity contribution in [2.45, 2.75) is 45.3 Å². The standard InChI is InChI=1S/C25H29F4N3O5S/c1-14-6-8-32(9-7-14)22-12-19(25(27,28)29)18(24(34)35)10-17(22)13-30-23(33)15(2)16-4-5-21(20(26)11-16)31-38(3,36)37/h4-5,10-12,14-15,31H,6-9,13H2,1-3H3,(H,30,33)(H,34,35). The number of carboxylic acids is 1. The van der Waals surface area contributed by atoms with Crippen LogP contribution < -0.4 is 14.9 Å². The van der Waals surface area contributed by atoms with Crippen LogP contribution in [-0.2, 0) is 27.5 Å². The molecule has 1 heterocycles. The number of benzene rings is 2. The molecule has 2 aromatic carbocycles. The van der Waals surface area contributed by atoms with Gasteiger partial charge in [0, 0.05) is 25.3 Å². The monoisotopic (exact) mass is 559 g/mol. The van der Waals surface area contributed by atoms with Crippen molar-refractivity contribution in [2.24, 2.45) is 5.92 Å². The minimum Gasteiger partial charge on any atom is -0.478 e. The fourth-order valence-electron chi connectivity index (χ4n) is 4.30.